The van der Waals surface area contributed by atoms with Crippen molar-refractivity contribution < 1.29 is 22.4 Å². The Hall–Kier alpha value is -1.39. The van der Waals surface area contributed by atoms with Crippen molar-refractivity contribution in [1.82, 2.24) is 0 Å². The first-order valence-electron chi connectivity index (χ1n) is 4.69. The summed E-state index contributed by atoms with van der Waals surface area (Å²) >= 11 is 0. The van der Waals surface area contributed by atoms with E-state index in [9.17, 15) is 22.4 Å². The average Bonchev–Trinajstić information content (AvgIpc) is 2.25. The minimum atomic E-state index is -2.81. The van der Waals surface area contributed by atoms with Gasteiger partial charge in [0, 0.05) is 17.5 Å². The van der Waals surface area contributed by atoms with Crippen molar-refractivity contribution in [2.24, 2.45) is 0 Å². The largest absolute Gasteiger partial charge is 0.303 e. The first-order chi connectivity index (χ1) is 7.56. The van der Waals surface area contributed by atoms with Crippen molar-refractivity contribution in [3.8, 4) is 0 Å². The Balaban J connectivity index is 3.04. The van der Waals surface area contributed by atoms with E-state index in [2.05, 4.69) is 0 Å². The van der Waals surface area contributed by atoms with Gasteiger partial charge < -0.3 is 4.79 Å². The first kappa shape index (κ1) is 12.7. The summed E-state index contributed by atoms with van der Waals surface area (Å²) in [5.41, 5.74) is -0.601. The standard InChI is InChI=1S/C11H10F4O/c12-10(13)8-4-3-7(2-1-5-16)9(6-8)11(14)15/h3-6,10-11H,1-2H2. The fourth-order valence-electron chi connectivity index (χ4n) is 1.39. The Bertz CT molecular complexity index is 363. The van der Waals surface area contributed by atoms with Gasteiger partial charge in [-0.25, -0.2) is 17.6 Å². The molecule has 0 bridgehead atoms. The molecule has 0 aliphatic heterocycles. The van der Waals surface area contributed by atoms with Gasteiger partial charge in [0.2, 0.25) is 0 Å². The number of hydrogen-bond donors (Lipinski definition) is 0. The Labute approximate surface area is 90.1 Å². The lowest BCUT2D eigenvalue weighted by molar-refractivity contribution is -0.107. The highest BCUT2D eigenvalue weighted by Gasteiger charge is 2.16. The monoisotopic (exact) mass is 234 g/mol. The summed E-state index contributed by atoms with van der Waals surface area (Å²) in [6.07, 6.45) is -4.71. The number of alkyl halides is 4. The van der Waals surface area contributed by atoms with Crippen molar-refractivity contribution >= 4 is 6.29 Å². The molecule has 88 valence electrons. The van der Waals surface area contributed by atoms with Crippen LogP contribution in [0.25, 0.3) is 0 Å². The van der Waals surface area contributed by atoms with Crippen LogP contribution in [0.1, 0.15) is 36.0 Å². The third-order valence-corrected chi connectivity index (χ3v) is 2.19. The van der Waals surface area contributed by atoms with Crippen LogP contribution in [0.4, 0.5) is 17.6 Å². The summed E-state index contributed by atoms with van der Waals surface area (Å²) in [6.45, 7) is 0. The minimum Gasteiger partial charge on any atom is -0.303 e. The van der Waals surface area contributed by atoms with Gasteiger partial charge in [-0.15, -0.1) is 0 Å². The van der Waals surface area contributed by atoms with E-state index >= 15 is 0 Å². The summed E-state index contributed by atoms with van der Waals surface area (Å²) in [4.78, 5) is 10.1. The molecule has 0 fully saturated rings. The average molecular weight is 234 g/mol. The number of aldehydes is 1. The van der Waals surface area contributed by atoms with Crippen LogP contribution in [0.3, 0.4) is 0 Å². The van der Waals surface area contributed by atoms with Crippen LogP contribution < -0.4 is 0 Å². The second-order valence-electron chi connectivity index (χ2n) is 3.26. The van der Waals surface area contributed by atoms with Gasteiger partial charge in [-0.05, 0) is 18.1 Å². The van der Waals surface area contributed by atoms with Crippen LogP contribution in [0.5, 0.6) is 0 Å². The van der Waals surface area contributed by atoms with Crippen LogP contribution in [-0.4, -0.2) is 6.29 Å². The first-order valence-corrected chi connectivity index (χ1v) is 4.69. The molecular formula is C11H10F4O. The summed E-state index contributed by atoms with van der Waals surface area (Å²) < 4.78 is 49.7. The molecule has 0 heterocycles. The van der Waals surface area contributed by atoms with Crippen LogP contribution in [0.15, 0.2) is 18.2 Å². The zero-order valence-corrected chi connectivity index (χ0v) is 8.30. The third kappa shape index (κ3) is 3.05. The van der Waals surface area contributed by atoms with E-state index in [0.29, 0.717) is 6.29 Å². The molecule has 1 aromatic rings. The molecule has 0 amide bonds. The zero-order chi connectivity index (χ0) is 12.1. The van der Waals surface area contributed by atoms with Crippen molar-refractivity contribution in [3.63, 3.8) is 0 Å². The zero-order valence-electron chi connectivity index (χ0n) is 8.30. The van der Waals surface area contributed by atoms with Crippen molar-refractivity contribution in [2.45, 2.75) is 25.7 Å². The fourth-order valence-corrected chi connectivity index (χ4v) is 1.39. The maximum atomic E-state index is 12.6. The number of benzene rings is 1. The predicted octanol–water partition coefficient (Wildman–Crippen LogP) is 3.69. The summed E-state index contributed by atoms with van der Waals surface area (Å²) in [7, 11) is 0. The SMILES string of the molecule is O=CCCc1ccc(C(F)F)cc1C(F)F. The van der Waals surface area contributed by atoms with Crippen LogP contribution in [-0.2, 0) is 11.2 Å². The van der Waals surface area contributed by atoms with Gasteiger partial charge in [-0.3, -0.25) is 0 Å². The Morgan fingerprint density at radius 3 is 2.31 bits per heavy atom. The van der Waals surface area contributed by atoms with Gasteiger partial charge in [-0.1, -0.05) is 12.1 Å². The van der Waals surface area contributed by atoms with Gasteiger partial charge in [-0.2, -0.15) is 0 Å². The molecule has 0 atom stereocenters. The molecule has 0 aliphatic carbocycles. The maximum absolute atomic E-state index is 12.6. The molecule has 16 heavy (non-hydrogen) atoms. The number of carbonyl (C=O) groups is 1. The van der Waals surface area contributed by atoms with E-state index < -0.39 is 24.0 Å². The lowest BCUT2D eigenvalue weighted by atomic mass is 10.0. The quantitative estimate of drug-likeness (QED) is 0.561. The molecule has 0 spiro atoms. The highest BCUT2D eigenvalue weighted by Crippen LogP contribution is 2.28. The smallest absolute Gasteiger partial charge is 0.264 e. The minimum absolute atomic E-state index is 0.105. The molecule has 1 rings (SSSR count). The summed E-state index contributed by atoms with van der Waals surface area (Å²) in [6, 6.07) is 3.14. The topological polar surface area (TPSA) is 17.1 Å². The number of halogens is 4. The number of hydrogen-bond acceptors (Lipinski definition) is 1. The van der Waals surface area contributed by atoms with E-state index in [4.69, 9.17) is 0 Å². The van der Waals surface area contributed by atoms with Crippen LogP contribution in [0, 0.1) is 0 Å². The molecule has 1 aromatic carbocycles. The Kier molecular flexibility index (Phi) is 4.46. The molecule has 0 saturated carbocycles. The van der Waals surface area contributed by atoms with Crippen LogP contribution in [0.2, 0.25) is 0 Å². The lowest BCUT2D eigenvalue weighted by Crippen LogP contribution is -1.98. The predicted molar refractivity (Wildman–Crippen MR) is 50.7 cm³/mol. The van der Waals surface area contributed by atoms with E-state index in [1.807, 2.05) is 0 Å². The molecule has 5 heteroatoms. The molecule has 1 nitrogen and oxygen atoms in total. The Morgan fingerprint density at radius 1 is 1.12 bits per heavy atom. The van der Waals surface area contributed by atoms with E-state index in [1.54, 1.807) is 0 Å². The fraction of sp³-hybridized carbons (Fsp3) is 0.364. The van der Waals surface area contributed by atoms with Crippen molar-refractivity contribution in [1.29, 1.82) is 0 Å². The van der Waals surface area contributed by atoms with Crippen LogP contribution >= 0.6 is 0 Å². The number of aryl methyl sites for hydroxylation is 1. The van der Waals surface area contributed by atoms with Crippen molar-refractivity contribution in [3.05, 3.63) is 34.9 Å². The normalized spacial score (nSPS) is 11.1. The molecule has 0 aliphatic rings. The number of carbonyl (C=O) groups excluding carboxylic acids is 1. The molecule has 0 saturated heterocycles. The van der Waals surface area contributed by atoms with E-state index in [-0.39, 0.29) is 18.4 Å². The lowest BCUT2D eigenvalue weighted by Gasteiger charge is -2.09. The maximum Gasteiger partial charge on any atom is 0.264 e. The summed E-state index contributed by atoms with van der Waals surface area (Å²) in [5, 5.41) is 0. The molecule has 0 N–H and O–H groups in total. The molecule has 0 radical (unpaired) electrons. The van der Waals surface area contributed by atoms with Gasteiger partial charge >= 0.3 is 0 Å². The molecule has 0 aromatic heterocycles. The highest BCUT2D eigenvalue weighted by molar-refractivity contribution is 5.50. The van der Waals surface area contributed by atoms with Crippen molar-refractivity contribution in [2.75, 3.05) is 0 Å². The Morgan fingerprint density at radius 2 is 1.81 bits per heavy atom. The third-order valence-electron chi connectivity index (χ3n) is 2.19. The summed E-state index contributed by atoms with van der Waals surface area (Å²) in [5.74, 6) is 0. The highest BCUT2D eigenvalue weighted by atomic mass is 19.3. The number of rotatable bonds is 5. The second kappa shape index (κ2) is 5.63. The van der Waals surface area contributed by atoms with Gasteiger partial charge in [0.05, 0.1) is 0 Å². The van der Waals surface area contributed by atoms with Gasteiger partial charge in [0.25, 0.3) is 12.9 Å². The van der Waals surface area contributed by atoms with E-state index in [1.165, 1.54) is 6.07 Å². The van der Waals surface area contributed by atoms with Gasteiger partial charge in [0.1, 0.15) is 6.29 Å². The second-order valence-corrected chi connectivity index (χ2v) is 3.26. The molecule has 0 unspecified atom stereocenters. The van der Waals surface area contributed by atoms with Gasteiger partial charge in [0.15, 0.2) is 0 Å². The van der Waals surface area contributed by atoms with E-state index in [0.717, 1.165) is 12.1 Å². The molecular weight excluding hydrogens is 224 g/mol.